The fourth-order valence-corrected chi connectivity index (χ4v) is 3.54. The van der Waals surface area contributed by atoms with Crippen LogP contribution >= 0.6 is 0 Å². The second-order valence-electron chi connectivity index (χ2n) is 7.54. The minimum atomic E-state index is 0.0864. The lowest BCUT2D eigenvalue weighted by Gasteiger charge is -2.30. The largest absolute Gasteiger partial charge is 0.497 e. The quantitative estimate of drug-likeness (QED) is 0.826. The van der Waals surface area contributed by atoms with Gasteiger partial charge in [-0.2, -0.15) is 0 Å². The summed E-state index contributed by atoms with van der Waals surface area (Å²) < 4.78 is 5.27. The van der Waals surface area contributed by atoms with E-state index in [4.69, 9.17) is 4.74 Å². The van der Waals surface area contributed by atoms with Crippen molar-refractivity contribution in [3.8, 4) is 5.75 Å². The van der Waals surface area contributed by atoms with Gasteiger partial charge in [-0.15, -0.1) is 0 Å². The molecule has 144 valence electrons. The molecule has 27 heavy (non-hydrogen) atoms. The molecule has 1 aliphatic rings. The number of piperidine rings is 1. The van der Waals surface area contributed by atoms with Gasteiger partial charge in [0.05, 0.1) is 13.7 Å². The third-order valence-electron chi connectivity index (χ3n) is 5.33. The van der Waals surface area contributed by atoms with Crippen LogP contribution in [-0.2, 0) is 11.3 Å². The van der Waals surface area contributed by atoms with E-state index in [2.05, 4.69) is 43.4 Å². The highest BCUT2D eigenvalue weighted by Gasteiger charge is 2.27. The molecule has 4 nitrogen and oxygen atoms in total. The lowest BCUT2D eigenvalue weighted by molar-refractivity contribution is -0.123. The second kappa shape index (κ2) is 9.05. The fraction of sp³-hybridized carbons (Fsp3) is 0.435. The summed E-state index contributed by atoms with van der Waals surface area (Å²) in [5.41, 5.74) is 3.39. The van der Waals surface area contributed by atoms with Crippen LogP contribution in [0.1, 0.15) is 43.7 Å². The van der Waals surface area contributed by atoms with Crippen molar-refractivity contribution < 1.29 is 9.53 Å². The Bertz CT molecular complexity index is 732. The summed E-state index contributed by atoms with van der Waals surface area (Å²) in [4.78, 5) is 15.2. The van der Waals surface area contributed by atoms with Gasteiger partial charge in [0.25, 0.3) is 0 Å². The zero-order valence-electron chi connectivity index (χ0n) is 16.6. The van der Waals surface area contributed by atoms with Gasteiger partial charge >= 0.3 is 0 Å². The van der Waals surface area contributed by atoms with Gasteiger partial charge < -0.3 is 15.0 Å². The third-order valence-corrected chi connectivity index (χ3v) is 5.33. The van der Waals surface area contributed by atoms with Crippen molar-refractivity contribution in [2.24, 2.45) is 5.92 Å². The van der Waals surface area contributed by atoms with E-state index < -0.39 is 0 Å². The highest BCUT2D eigenvalue weighted by molar-refractivity contribution is 5.95. The molecule has 1 amide bonds. The molecule has 1 heterocycles. The molecule has 0 aliphatic carbocycles. The number of carbonyl (C=O) groups is 1. The van der Waals surface area contributed by atoms with Crippen LogP contribution in [0.25, 0.3) is 0 Å². The number of carbonyl (C=O) groups excluding carboxylic acids is 1. The van der Waals surface area contributed by atoms with Gasteiger partial charge in [0.15, 0.2) is 0 Å². The summed E-state index contributed by atoms with van der Waals surface area (Å²) >= 11 is 0. The van der Waals surface area contributed by atoms with Gasteiger partial charge in [-0.05, 0) is 67.2 Å². The molecule has 0 spiro atoms. The Hall–Kier alpha value is -2.33. The molecule has 3 rings (SSSR count). The minimum absolute atomic E-state index is 0.0864. The van der Waals surface area contributed by atoms with E-state index in [1.807, 2.05) is 29.2 Å². The van der Waals surface area contributed by atoms with Crippen LogP contribution in [0.3, 0.4) is 0 Å². The second-order valence-corrected chi connectivity index (χ2v) is 7.54. The first-order chi connectivity index (χ1) is 13.1. The van der Waals surface area contributed by atoms with Crippen LogP contribution in [0.2, 0.25) is 0 Å². The predicted molar refractivity (Wildman–Crippen MR) is 110 cm³/mol. The first-order valence-electron chi connectivity index (χ1n) is 9.83. The smallest absolute Gasteiger partial charge is 0.230 e. The van der Waals surface area contributed by atoms with Crippen LogP contribution in [0.5, 0.6) is 5.75 Å². The van der Waals surface area contributed by atoms with E-state index in [-0.39, 0.29) is 11.8 Å². The average molecular weight is 367 g/mol. The SMILES string of the molecule is COc1ccc(N(Cc2ccc(C(C)C)cc2)C(=O)C2CCNCC2)cc1. The topological polar surface area (TPSA) is 41.6 Å². The lowest BCUT2D eigenvalue weighted by atomic mass is 9.95. The highest BCUT2D eigenvalue weighted by atomic mass is 16.5. The molecule has 0 saturated carbocycles. The van der Waals surface area contributed by atoms with Gasteiger partial charge in [-0.1, -0.05) is 38.1 Å². The molecule has 1 aliphatic heterocycles. The first kappa shape index (κ1) is 19.4. The number of anilines is 1. The Labute approximate surface area is 162 Å². The zero-order chi connectivity index (χ0) is 19.2. The van der Waals surface area contributed by atoms with Crippen molar-refractivity contribution in [1.29, 1.82) is 0 Å². The van der Waals surface area contributed by atoms with Crippen molar-refractivity contribution in [2.75, 3.05) is 25.1 Å². The summed E-state index contributed by atoms with van der Waals surface area (Å²) in [5, 5.41) is 3.34. The van der Waals surface area contributed by atoms with Crippen molar-refractivity contribution in [3.63, 3.8) is 0 Å². The molecular formula is C23H30N2O2. The molecule has 2 aromatic carbocycles. The monoisotopic (exact) mass is 366 g/mol. The number of ether oxygens (including phenoxy) is 1. The minimum Gasteiger partial charge on any atom is -0.497 e. The maximum absolute atomic E-state index is 13.3. The molecule has 0 radical (unpaired) electrons. The maximum atomic E-state index is 13.3. The molecule has 0 atom stereocenters. The van der Waals surface area contributed by atoms with Gasteiger partial charge in [-0.25, -0.2) is 0 Å². The van der Waals surface area contributed by atoms with E-state index in [1.165, 1.54) is 5.56 Å². The van der Waals surface area contributed by atoms with Crippen molar-refractivity contribution in [1.82, 2.24) is 5.32 Å². The lowest BCUT2D eigenvalue weighted by Crippen LogP contribution is -2.40. The van der Waals surface area contributed by atoms with Gasteiger partial charge in [0.1, 0.15) is 5.75 Å². The van der Waals surface area contributed by atoms with E-state index in [9.17, 15) is 4.79 Å². The number of methoxy groups -OCH3 is 1. The number of benzene rings is 2. The number of amides is 1. The third kappa shape index (κ3) is 4.89. The highest BCUT2D eigenvalue weighted by Crippen LogP contribution is 2.26. The van der Waals surface area contributed by atoms with Crippen LogP contribution in [0.15, 0.2) is 48.5 Å². The average Bonchev–Trinajstić information content (AvgIpc) is 2.72. The molecule has 1 N–H and O–H groups in total. The van der Waals surface area contributed by atoms with E-state index >= 15 is 0 Å². The summed E-state index contributed by atoms with van der Waals surface area (Å²) in [5.74, 6) is 1.61. The number of rotatable bonds is 6. The van der Waals surface area contributed by atoms with Gasteiger partial charge in [-0.3, -0.25) is 4.79 Å². The van der Waals surface area contributed by atoms with Crippen LogP contribution in [0, 0.1) is 5.92 Å². The normalized spacial score (nSPS) is 15.0. The Kier molecular flexibility index (Phi) is 6.51. The number of nitrogens with zero attached hydrogens (tertiary/aromatic N) is 1. The van der Waals surface area contributed by atoms with Gasteiger partial charge in [0, 0.05) is 11.6 Å². The molecule has 1 fully saturated rings. The van der Waals surface area contributed by atoms with Crippen LogP contribution < -0.4 is 15.0 Å². The maximum Gasteiger partial charge on any atom is 0.230 e. The van der Waals surface area contributed by atoms with E-state index in [0.29, 0.717) is 12.5 Å². The standard InChI is InChI=1S/C23H30N2O2/c1-17(2)19-6-4-18(5-7-19)16-25(21-8-10-22(27-3)11-9-21)23(26)20-12-14-24-15-13-20/h4-11,17,20,24H,12-16H2,1-3H3. The number of hydrogen-bond acceptors (Lipinski definition) is 3. The molecule has 0 unspecified atom stereocenters. The van der Waals surface area contributed by atoms with E-state index in [1.54, 1.807) is 7.11 Å². The molecule has 2 aromatic rings. The molecule has 1 saturated heterocycles. The van der Waals surface area contributed by atoms with Crippen LogP contribution in [0.4, 0.5) is 5.69 Å². The molecule has 0 aromatic heterocycles. The Morgan fingerprint density at radius 3 is 2.26 bits per heavy atom. The van der Waals surface area contributed by atoms with E-state index in [0.717, 1.165) is 42.9 Å². The molecule has 0 bridgehead atoms. The predicted octanol–water partition coefficient (Wildman–Crippen LogP) is 4.35. The summed E-state index contributed by atoms with van der Waals surface area (Å²) in [7, 11) is 1.66. The Balaban J connectivity index is 1.84. The summed E-state index contributed by atoms with van der Waals surface area (Å²) in [6, 6.07) is 16.4. The zero-order valence-corrected chi connectivity index (χ0v) is 16.6. The Morgan fingerprint density at radius 1 is 1.07 bits per heavy atom. The number of hydrogen-bond donors (Lipinski definition) is 1. The Morgan fingerprint density at radius 2 is 1.70 bits per heavy atom. The van der Waals surface area contributed by atoms with Gasteiger partial charge in [0.2, 0.25) is 5.91 Å². The summed E-state index contributed by atoms with van der Waals surface area (Å²) in [6.07, 6.45) is 1.80. The number of nitrogens with one attached hydrogen (secondary N) is 1. The van der Waals surface area contributed by atoms with Crippen molar-refractivity contribution in [3.05, 3.63) is 59.7 Å². The van der Waals surface area contributed by atoms with Crippen molar-refractivity contribution >= 4 is 11.6 Å². The fourth-order valence-electron chi connectivity index (χ4n) is 3.54. The molecular weight excluding hydrogens is 336 g/mol. The summed E-state index contributed by atoms with van der Waals surface area (Å²) in [6.45, 7) is 6.80. The van der Waals surface area contributed by atoms with Crippen LogP contribution in [-0.4, -0.2) is 26.1 Å². The first-order valence-corrected chi connectivity index (χ1v) is 9.83. The molecule has 4 heteroatoms. The van der Waals surface area contributed by atoms with Crippen molar-refractivity contribution in [2.45, 2.75) is 39.2 Å².